The number of nitrogens with one attached hydrogen (secondary N) is 1. The van der Waals surface area contributed by atoms with Gasteiger partial charge in [0.05, 0.1) is 6.54 Å². The standard InChI is InChI=1S/C23H35N3O/c1-19-8-6-12-22(20(19)2)24-23(27)18-26-16-14-25(15-17-26)13-7-11-21-9-4-3-5-10-21/h3-5,7,9-11,19-20,22H,6,8,12-18H2,1-2H3,(H,24,27)/b11-7+/t19-,20-,22-/m1/s1. The lowest BCUT2D eigenvalue weighted by molar-refractivity contribution is -0.124. The molecule has 1 aromatic carbocycles. The maximum atomic E-state index is 12.5. The minimum absolute atomic E-state index is 0.207. The van der Waals surface area contributed by atoms with Crippen molar-refractivity contribution in [1.29, 1.82) is 0 Å². The largest absolute Gasteiger partial charge is 0.352 e. The van der Waals surface area contributed by atoms with Crippen LogP contribution in [0, 0.1) is 11.8 Å². The van der Waals surface area contributed by atoms with Gasteiger partial charge < -0.3 is 5.32 Å². The summed E-state index contributed by atoms with van der Waals surface area (Å²) < 4.78 is 0. The first-order chi connectivity index (χ1) is 13.1. The van der Waals surface area contributed by atoms with Gasteiger partial charge in [0.15, 0.2) is 0 Å². The summed E-state index contributed by atoms with van der Waals surface area (Å²) in [5.41, 5.74) is 1.25. The second kappa shape index (κ2) is 10.0. The van der Waals surface area contributed by atoms with E-state index in [9.17, 15) is 4.79 Å². The zero-order valence-electron chi connectivity index (χ0n) is 16.9. The summed E-state index contributed by atoms with van der Waals surface area (Å²) >= 11 is 0. The molecule has 0 aromatic heterocycles. The molecule has 4 nitrogen and oxygen atoms in total. The Morgan fingerprint density at radius 3 is 2.52 bits per heavy atom. The summed E-state index contributed by atoms with van der Waals surface area (Å²) in [6.07, 6.45) is 8.11. The summed E-state index contributed by atoms with van der Waals surface area (Å²) in [6, 6.07) is 10.8. The maximum Gasteiger partial charge on any atom is 0.234 e. The lowest BCUT2D eigenvalue weighted by atomic mass is 9.78. The van der Waals surface area contributed by atoms with E-state index in [-0.39, 0.29) is 5.91 Å². The Balaban J connectivity index is 1.35. The monoisotopic (exact) mass is 369 g/mol. The quantitative estimate of drug-likeness (QED) is 0.836. The van der Waals surface area contributed by atoms with Crippen molar-refractivity contribution in [3.8, 4) is 0 Å². The molecule has 0 unspecified atom stereocenters. The molecule has 3 atom stereocenters. The molecule has 1 aliphatic heterocycles. The molecule has 1 aliphatic carbocycles. The smallest absolute Gasteiger partial charge is 0.234 e. The Kier molecular flexibility index (Phi) is 7.48. The third-order valence-electron chi connectivity index (χ3n) is 6.36. The van der Waals surface area contributed by atoms with Crippen molar-refractivity contribution < 1.29 is 4.79 Å². The van der Waals surface area contributed by atoms with Gasteiger partial charge in [-0.15, -0.1) is 0 Å². The predicted molar refractivity (Wildman–Crippen MR) is 112 cm³/mol. The number of carbonyl (C=O) groups excluding carboxylic acids is 1. The summed E-state index contributed by atoms with van der Waals surface area (Å²) in [7, 11) is 0. The van der Waals surface area contributed by atoms with Gasteiger partial charge in [-0.1, -0.05) is 69.2 Å². The van der Waals surface area contributed by atoms with Gasteiger partial charge in [-0.3, -0.25) is 14.6 Å². The minimum atomic E-state index is 0.207. The van der Waals surface area contributed by atoms with Crippen molar-refractivity contribution in [3.05, 3.63) is 42.0 Å². The van der Waals surface area contributed by atoms with Crippen molar-refractivity contribution >= 4 is 12.0 Å². The molecular weight excluding hydrogens is 334 g/mol. The Morgan fingerprint density at radius 2 is 1.78 bits per heavy atom. The summed E-state index contributed by atoms with van der Waals surface area (Å²) in [5, 5.41) is 3.30. The summed E-state index contributed by atoms with van der Waals surface area (Å²) in [4.78, 5) is 17.2. The van der Waals surface area contributed by atoms with Crippen LogP contribution < -0.4 is 5.32 Å². The van der Waals surface area contributed by atoms with Crippen LogP contribution in [0.3, 0.4) is 0 Å². The number of hydrogen-bond donors (Lipinski definition) is 1. The molecule has 27 heavy (non-hydrogen) atoms. The molecular formula is C23H35N3O. The third kappa shape index (κ3) is 6.18. The molecule has 3 rings (SSSR count). The van der Waals surface area contributed by atoms with E-state index >= 15 is 0 Å². The number of nitrogens with zero attached hydrogens (tertiary/aromatic N) is 2. The average molecular weight is 370 g/mol. The van der Waals surface area contributed by atoms with Gasteiger partial charge in [0, 0.05) is 38.8 Å². The molecule has 1 heterocycles. The average Bonchev–Trinajstić information content (AvgIpc) is 2.68. The van der Waals surface area contributed by atoms with Crippen LogP contribution in [0.2, 0.25) is 0 Å². The van der Waals surface area contributed by atoms with Crippen LogP contribution in [0.4, 0.5) is 0 Å². The molecule has 0 radical (unpaired) electrons. The number of benzene rings is 1. The fourth-order valence-corrected chi connectivity index (χ4v) is 4.27. The fourth-order valence-electron chi connectivity index (χ4n) is 4.27. The molecule has 0 bridgehead atoms. The van der Waals surface area contributed by atoms with Crippen molar-refractivity contribution in [1.82, 2.24) is 15.1 Å². The van der Waals surface area contributed by atoms with Crippen molar-refractivity contribution in [2.24, 2.45) is 11.8 Å². The van der Waals surface area contributed by atoms with Crippen LogP contribution >= 0.6 is 0 Å². The fraction of sp³-hybridized carbons (Fsp3) is 0.609. The number of hydrogen-bond acceptors (Lipinski definition) is 3. The lowest BCUT2D eigenvalue weighted by Crippen LogP contribution is -2.51. The van der Waals surface area contributed by atoms with Gasteiger partial charge in [-0.05, 0) is 23.8 Å². The Morgan fingerprint density at radius 1 is 1.07 bits per heavy atom. The van der Waals surface area contributed by atoms with Gasteiger partial charge >= 0.3 is 0 Å². The van der Waals surface area contributed by atoms with E-state index in [1.807, 2.05) is 6.07 Å². The van der Waals surface area contributed by atoms with Crippen molar-refractivity contribution in [3.63, 3.8) is 0 Å². The predicted octanol–water partition coefficient (Wildman–Crippen LogP) is 3.26. The van der Waals surface area contributed by atoms with Crippen molar-refractivity contribution in [2.75, 3.05) is 39.3 Å². The zero-order valence-corrected chi connectivity index (χ0v) is 16.9. The summed E-state index contributed by atoms with van der Waals surface area (Å²) in [5.74, 6) is 1.52. The molecule has 1 N–H and O–H groups in total. The van der Waals surface area contributed by atoms with Gasteiger partial charge in [0.25, 0.3) is 0 Å². The lowest BCUT2D eigenvalue weighted by Gasteiger charge is -2.36. The molecule has 2 aliphatic rings. The highest BCUT2D eigenvalue weighted by Gasteiger charge is 2.28. The Hall–Kier alpha value is -1.65. The molecule has 2 fully saturated rings. The van der Waals surface area contributed by atoms with E-state index in [1.54, 1.807) is 0 Å². The zero-order chi connectivity index (χ0) is 19.1. The third-order valence-corrected chi connectivity index (χ3v) is 6.36. The highest BCUT2D eigenvalue weighted by molar-refractivity contribution is 5.78. The van der Waals surface area contributed by atoms with E-state index in [4.69, 9.17) is 0 Å². The Labute approximate surface area is 164 Å². The number of rotatable bonds is 6. The van der Waals surface area contributed by atoms with E-state index in [1.165, 1.54) is 18.4 Å². The second-order valence-corrected chi connectivity index (χ2v) is 8.33. The highest BCUT2D eigenvalue weighted by Crippen LogP contribution is 2.29. The molecule has 1 amide bonds. The van der Waals surface area contributed by atoms with E-state index < -0.39 is 0 Å². The molecule has 1 saturated heterocycles. The summed E-state index contributed by atoms with van der Waals surface area (Å²) in [6.45, 7) is 10.1. The van der Waals surface area contributed by atoms with Gasteiger partial charge in [0.1, 0.15) is 0 Å². The van der Waals surface area contributed by atoms with Gasteiger partial charge in [0.2, 0.25) is 5.91 Å². The topological polar surface area (TPSA) is 35.6 Å². The highest BCUT2D eigenvalue weighted by atomic mass is 16.2. The van der Waals surface area contributed by atoms with Gasteiger partial charge in [-0.2, -0.15) is 0 Å². The molecule has 1 aromatic rings. The van der Waals surface area contributed by atoms with E-state index in [0.29, 0.717) is 18.5 Å². The van der Waals surface area contributed by atoms with Crippen LogP contribution in [-0.4, -0.2) is 61.0 Å². The SMILES string of the molecule is C[C@@H]1[C@H](C)CCC[C@H]1NC(=O)CN1CCN(C/C=C/c2ccccc2)CC1. The normalized spacial score (nSPS) is 27.7. The van der Waals surface area contributed by atoms with Crippen LogP contribution in [-0.2, 0) is 4.79 Å². The first kappa shape index (κ1) is 20.1. The van der Waals surface area contributed by atoms with Crippen LogP contribution in [0.1, 0.15) is 38.7 Å². The molecule has 1 saturated carbocycles. The molecule has 4 heteroatoms. The number of amides is 1. The number of piperazine rings is 1. The van der Waals surface area contributed by atoms with Crippen LogP contribution in [0.15, 0.2) is 36.4 Å². The second-order valence-electron chi connectivity index (χ2n) is 8.33. The van der Waals surface area contributed by atoms with Crippen LogP contribution in [0.5, 0.6) is 0 Å². The molecule has 148 valence electrons. The van der Waals surface area contributed by atoms with E-state index in [2.05, 4.69) is 65.4 Å². The van der Waals surface area contributed by atoms with E-state index in [0.717, 1.165) is 45.1 Å². The number of carbonyl (C=O) groups is 1. The molecule has 0 spiro atoms. The van der Waals surface area contributed by atoms with Crippen molar-refractivity contribution in [2.45, 2.75) is 39.2 Å². The minimum Gasteiger partial charge on any atom is -0.352 e. The van der Waals surface area contributed by atoms with Gasteiger partial charge in [-0.25, -0.2) is 0 Å². The first-order valence-electron chi connectivity index (χ1n) is 10.6. The van der Waals surface area contributed by atoms with Crippen LogP contribution in [0.25, 0.3) is 6.08 Å². The first-order valence-corrected chi connectivity index (χ1v) is 10.6. The Bertz CT molecular complexity index is 607. The maximum absolute atomic E-state index is 12.5.